The number of amides is 5. The summed E-state index contributed by atoms with van der Waals surface area (Å²) in [5, 5.41) is 2.49. The van der Waals surface area contributed by atoms with E-state index in [0.29, 0.717) is 87.5 Å². The predicted molar refractivity (Wildman–Crippen MR) is 253 cm³/mol. The minimum atomic E-state index is -1.81. The van der Waals surface area contributed by atoms with E-state index in [1.54, 1.807) is 38.4 Å². The first-order valence-corrected chi connectivity index (χ1v) is 23.9. The third-order valence-corrected chi connectivity index (χ3v) is 14.4. The van der Waals surface area contributed by atoms with E-state index in [2.05, 4.69) is 29.8 Å². The molecule has 19 heteroatoms. The van der Waals surface area contributed by atoms with Gasteiger partial charge in [-0.1, -0.05) is 50.6 Å². The van der Waals surface area contributed by atoms with Gasteiger partial charge in [-0.05, 0) is 66.6 Å². The largest absolute Gasteiger partial charge is 0.371 e. The standard InChI is InChI=1S/C49H53F2N9O7S/c1-4-7-40(47(64)54-29-61)60-48(65)34-8-6-9-39(42(34)49(60)66)58-18-16-30(17-19-58)24-41(62)59-22-20-57(21-23-59)28-31-10-12-32(13-11-31)33-25-35-36(27-53-46(35)52-26-33)45(63)43-37(50)14-15-38(44(43)51)55-68(67)56(3)5-2/h6,8-15,25-27,29-30,40,55H,4-5,7,16-24,28H2,1-3H3,(H,52,53)(H,54,61,64). The third-order valence-electron chi connectivity index (χ3n) is 13.2. The minimum Gasteiger partial charge on any atom is -0.371 e. The van der Waals surface area contributed by atoms with Crippen molar-refractivity contribution in [1.29, 1.82) is 0 Å². The van der Waals surface area contributed by atoms with Gasteiger partial charge in [-0.25, -0.2) is 22.3 Å². The molecular formula is C49H53F2N9O7S. The van der Waals surface area contributed by atoms with Gasteiger partial charge in [-0.15, -0.1) is 0 Å². The number of imide groups is 2. The summed E-state index contributed by atoms with van der Waals surface area (Å²) in [6.45, 7) is 8.53. The van der Waals surface area contributed by atoms with E-state index in [0.717, 1.165) is 41.0 Å². The van der Waals surface area contributed by atoms with Crippen LogP contribution in [-0.4, -0.2) is 128 Å². The molecule has 3 aliphatic rings. The Morgan fingerprint density at radius 1 is 0.956 bits per heavy atom. The number of aromatic amines is 1. The lowest BCUT2D eigenvalue weighted by atomic mass is 9.92. The molecule has 0 saturated carbocycles. The van der Waals surface area contributed by atoms with Gasteiger partial charge in [0.25, 0.3) is 11.8 Å². The Bertz CT molecular complexity index is 2790. The van der Waals surface area contributed by atoms with Crippen LogP contribution in [0.4, 0.5) is 20.2 Å². The van der Waals surface area contributed by atoms with Crippen LogP contribution in [0.3, 0.4) is 0 Å². The van der Waals surface area contributed by atoms with Crippen LogP contribution in [0.15, 0.2) is 73.1 Å². The average Bonchev–Trinajstić information content (AvgIpc) is 3.89. The summed E-state index contributed by atoms with van der Waals surface area (Å²) in [7, 11) is 1.57. The van der Waals surface area contributed by atoms with Crippen LogP contribution in [0.1, 0.15) is 88.2 Å². The number of pyridine rings is 1. The van der Waals surface area contributed by atoms with E-state index in [1.165, 1.54) is 10.5 Å². The Morgan fingerprint density at radius 3 is 2.38 bits per heavy atom. The molecule has 3 aromatic carbocycles. The van der Waals surface area contributed by atoms with Crippen LogP contribution in [0.5, 0.6) is 0 Å². The van der Waals surface area contributed by atoms with Crippen molar-refractivity contribution >= 4 is 69.4 Å². The number of nitrogens with zero attached hydrogens (tertiary/aromatic N) is 6. The molecule has 5 amide bonds. The molecular weight excluding hydrogens is 897 g/mol. The van der Waals surface area contributed by atoms with Crippen molar-refractivity contribution in [3.05, 3.63) is 113 Å². The van der Waals surface area contributed by atoms with Crippen molar-refractivity contribution in [1.82, 2.24) is 34.3 Å². The number of piperidine rings is 1. The lowest BCUT2D eigenvalue weighted by molar-refractivity contribution is -0.134. The maximum atomic E-state index is 15.6. The Hall–Kier alpha value is -6.70. The van der Waals surface area contributed by atoms with Crippen molar-refractivity contribution in [3.63, 3.8) is 0 Å². The molecule has 3 N–H and O–H groups in total. The fourth-order valence-electron chi connectivity index (χ4n) is 9.22. The van der Waals surface area contributed by atoms with E-state index < -0.39 is 57.9 Å². The van der Waals surface area contributed by atoms with Gasteiger partial charge in [-0.3, -0.25) is 48.6 Å². The molecule has 2 unspecified atom stereocenters. The summed E-state index contributed by atoms with van der Waals surface area (Å²) in [4.78, 5) is 92.8. The molecule has 16 nitrogen and oxygen atoms in total. The van der Waals surface area contributed by atoms with Crippen molar-refractivity contribution < 1.29 is 41.8 Å². The van der Waals surface area contributed by atoms with Gasteiger partial charge in [0.1, 0.15) is 17.5 Å². The first-order valence-electron chi connectivity index (χ1n) is 22.8. The number of hydrogen-bond acceptors (Lipinski definition) is 10. The van der Waals surface area contributed by atoms with Gasteiger partial charge in [0.15, 0.2) is 17.0 Å². The molecule has 8 rings (SSSR count). The predicted octanol–water partition coefficient (Wildman–Crippen LogP) is 5.67. The van der Waals surface area contributed by atoms with Crippen molar-refractivity contribution in [2.24, 2.45) is 5.92 Å². The SMILES string of the molecule is CCCC(C(=O)NC=O)N1C(=O)c2cccc(N3CCC(CC(=O)N4CCN(Cc5ccc(-c6cnc7[nH]cc(C(=O)c8c(F)ccc(NS(=O)N(C)CC)c8F)c7c6)cc5)CC4)CC3)c2C1=O. The van der Waals surface area contributed by atoms with E-state index in [9.17, 15) is 33.0 Å². The minimum absolute atomic E-state index is 0.0387. The Labute approximate surface area is 394 Å². The van der Waals surface area contributed by atoms with Gasteiger partial charge in [-0.2, -0.15) is 0 Å². The molecule has 0 spiro atoms. The second-order valence-corrected chi connectivity index (χ2v) is 18.7. The number of H-pyrrole nitrogens is 1. The smallest absolute Gasteiger partial charge is 0.264 e. The summed E-state index contributed by atoms with van der Waals surface area (Å²) in [6.07, 6.45) is 5.94. The molecule has 3 aliphatic heterocycles. The zero-order chi connectivity index (χ0) is 48.2. The molecule has 0 aliphatic carbocycles. The number of carbonyl (C=O) groups excluding carboxylic acids is 6. The quantitative estimate of drug-likeness (QED) is 0.0596. The Balaban J connectivity index is 0.833. The molecule has 5 aromatic rings. The number of benzene rings is 3. The number of carbonyl (C=O) groups is 6. The van der Waals surface area contributed by atoms with Crippen LogP contribution in [0.25, 0.3) is 22.2 Å². The fourth-order valence-corrected chi connectivity index (χ4v) is 9.96. The lowest BCUT2D eigenvalue weighted by Gasteiger charge is -2.37. The molecule has 0 radical (unpaired) electrons. The molecule has 68 heavy (non-hydrogen) atoms. The van der Waals surface area contributed by atoms with Crippen LogP contribution in [-0.2, 0) is 32.1 Å². The maximum Gasteiger partial charge on any atom is 0.264 e. The van der Waals surface area contributed by atoms with Crippen molar-refractivity contribution in [3.8, 4) is 11.1 Å². The molecule has 2 fully saturated rings. The number of anilines is 2. The van der Waals surface area contributed by atoms with E-state index in [1.807, 2.05) is 42.2 Å². The molecule has 2 saturated heterocycles. The molecule has 356 valence electrons. The molecule has 0 bridgehead atoms. The van der Waals surface area contributed by atoms with Crippen LogP contribution in [0.2, 0.25) is 0 Å². The first-order chi connectivity index (χ1) is 32.8. The summed E-state index contributed by atoms with van der Waals surface area (Å²) in [5.41, 5.74) is 3.12. The van der Waals surface area contributed by atoms with E-state index >= 15 is 8.78 Å². The molecule has 2 atom stereocenters. The van der Waals surface area contributed by atoms with Gasteiger partial charge in [0.05, 0.1) is 28.1 Å². The Kier molecular flexibility index (Phi) is 14.5. The molecule has 2 aromatic heterocycles. The summed E-state index contributed by atoms with van der Waals surface area (Å²) >= 11 is -1.81. The lowest BCUT2D eigenvalue weighted by Crippen LogP contribution is -2.49. The second-order valence-electron chi connectivity index (χ2n) is 17.3. The second kappa shape index (κ2) is 20.7. The zero-order valence-corrected chi connectivity index (χ0v) is 38.9. The number of ketones is 1. The van der Waals surface area contributed by atoms with Crippen molar-refractivity contribution in [2.45, 2.75) is 58.5 Å². The molecule has 5 heterocycles. The Morgan fingerprint density at radius 2 is 1.69 bits per heavy atom. The third kappa shape index (κ3) is 9.68. The van der Waals surface area contributed by atoms with Gasteiger partial charge >= 0.3 is 0 Å². The number of hydrogen-bond donors (Lipinski definition) is 3. The number of piperazine rings is 1. The van der Waals surface area contributed by atoms with E-state index in [4.69, 9.17) is 0 Å². The number of fused-ring (bicyclic) bond motifs is 2. The summed E-state index contributed by atoms with van der Waals surface area (Å²) in [6, 6.07) is 15.8. The van der Waals surface area contributed by atoms with Crippen LogP contribution >= 0.6 is 0 Å². The number of aromatic nitrogens is 2. The number of rotatable bonds is 17. The maximum absolute atomic E-state index is 15.6. The van der Waals surface area contributed by atoms with Gasteiger partial charge in [0, 0.05) is 94.7 Å². The highest BCUT2D eigenvalue weighted by atomic mass is 32.2. The van der Waals surface area contributed by atoms with Crippen molar-refractivity contribution in [2.75, 3.05) is 62.5 Å². The summed E-state index contributed by atoms with van der Waals surface area (Å²) in [5.74, 6) is -4.58. The average molecular weight is 950 g/mol. The van der Waals surface area contributed by atoms with Gasteiger partial charge in [0.2, 0.25) is 24.0 Å². The van der Waals surface area contributed by atoms with Gasteiger partial charge < -0.3 is 14.8 Å². The number of halogens is 2. The first kappa shape index (κ1) is 47.8. The number of nitrogens with one attached hydrogen (secondary N) is 3. The van der Waals surface area contributed by atoms with Crippen LogP contribution in [0, 0.1) is 17.6 Å². The fraction of sp³-hybridized carbons (Fsp3) is 0.367. The normalized spacial score (nSPS) is 16.6. The monoisotopic (exact) mass is 949 g/mol. The topological polar surface area (TPSA) is 188 Å². The highest BCUT2D eigenvalue weighted by Gasteiger charge is 2.44. The highest BCUT2D eigenvalue weighted by molar-refractivity contribution is 7.84. The summed E-state index contributed by atoms with van der Waals surface area (Å²) < 4.78 is 47.1. The van der Waals surface area contributed by atoms with E-state index in [-0.39, 0.29) is 47.0 Å². The van der Waals surface area contributed by atoms with Crippen LogP contribution < -0.4 is 14.9 Å². The zero-order valence-electron chi connectivity index (χ0n) is 38.1. The highest BCUT2D eigenvalue weighted by Crippen LogP contribution is 2.36.